The Hall–Kier alpha value is -1.76. The van der Waals surface area contributed by atoms with Crippen molar-refractivity contribution in [2.75, 3.05) is 0 Å². The van der Waals surface area contributed by atoms with Crippen LogP contribution in [-0.2, 0) is 19.2 Å². The minimum Gasteiger partial charge on any atom is -0.289 e. The molecule has 94 valence electrons. The van der Waals surface area contributed by atoms with Gasteiger partial charge in [-0.05, 0) is 12.8 Å². The summed E-state index contributed by atoms with van der Waals surface area (Å²) in [5.41, 5.74) is 1.48. The van der Waals surface area contributed by atoms with Crippen molar-refractivity contribution in [2.45, 2.75) is 38.5 Å². The first-order chi connectivity index (χ1) is 8.06. The molecule has 17 heavy (non-hydrogen) atoms. The van der Waals surface area contributed by atoms with E-state index in [0.29, 0.717) is 17.7 Å². The highest BCUT2D eigenvalue weighted by Gasteiger charge is 2.33. The van der Waals surface area contributed by atoms with E-state index in [1.54, 1.807) is 0 Å². The van der Waals surface area contributed by atoms with E-state index in [4.69, 9.17) is 5.21 Å². The molecule has 0 bridgehead atoms. The Kier molecular flexibility index (Phi) is 4.77. The van der Waals surface area contributed by atoms with Crippen LogP contribution in [0.3, 0.4) is 0 Å². The van der Waals surface area contributed by atoms with Crippen molar-refractivity contribution in [1.29, 1.82) is 0 Å². The van der Waals surface area contributed by atoms with Crippen LogP contribution in [0.15, 0.2) is 0 Å². The van der Waals surface area contributed by atoms with Gasteiger partial charge >= 0.3 is 0 Å². The molecule has 0 atom stereocenters. The van der Waals surface area contributed by atoms with Gasteiger partial charge in [0.05, 0.1) is 0 Å². The molecule has 1 saturated heterocycles. The fourth-order valence-corrected chi connectivity index (χ4v) is 1.58. The molecule has 1 aliphatic heterocycles. The van der Waals surface area contributed by atoms with Crippen molar-refractivity contribution in [3.8, 4) is 0 Å². The lowest BCUT2D eigenvalue weighted by atomic mass is 10.2. The Labute approximate surface area is 97.7 Å². The lowest BCUT2D eigenvalue weighted by Crippen LogP contribution is -2.35. The number of nitrogens with zero attached hydrogens (tertiary/aromatic N) is 1. The zero-order chi connectivity index (χ0) is 12.8. The van der Waals surface area contributed by atoms with Crippen LogP contribution >= 0.6 is 0 Å². The number of rotatable bonds is 5. The maximum absolute atomic E-state index is 11.5. The molecule has 1 aliphatic rings. The first-order valence-corrected chi connectivity index (χ1v) is 5.38. The predicted octanol–water partition coefficient (Wildman–Crippen LogP) is -0.272. The van der Waals surface area contributed by atoms with E-state index in [9.17, 15) is 19.2 Å². The number of amides is 4. The molecule has 1 fully saturated rings. The molecule has 1 heterocycles. The maximum atomic E-state index is 11.5. The van der Waals surface area contributed by atoms with Crippen molar-refractivity contribution >= 4 is 23.6 Å². The SMILES string of the molecule is O=C(CCCCC(=O)N1C(=O)CCC1=O)NO. The molecule has 0 aromatic heterocycles. The van der Waals surface area contributed by atoms with Gasteiger partial charge in [-0.3, -0.25) is 24.4 Å². The summed E-state index contributed by atoms with van der Waals surface area (Å²) in [6, 6.07) is 0. The average molecular weight is 242 g/mol. The first-order valence-electron chi connectivity index (χ1n) is 5.38. The maximum Gasteiger partial charge on any atom is 0.243 e. The van der Waals surface area contributed by atoms with Gasteiger partial charge in [-0.15, -0.1) is 0 Å². The Balaban J connectivity index is 2.28. The fourth-order valence-electron chi connectivity index (χ4n) is 1.58. The highest BCUT2D eigenvalue weighted by Crippen LogP contribution is 2.14. The van der Waals surface area contributed by atoms with Crippen molar-refractivity contribution in [3.05, 3.63) is 0 Å². The van der Waals surface area contributed by atoms with Gasteiger partial charge in [-0.1, -0.05) is 0 Å². The number of hydroxylamine groups is 1. The second-order valence-corrected chi connectivity index (χ2v) is 3.76. The van der Waals surface area contributed by atoms with Gasteiger partial charge in [0, 0.05) is 25.7 Å². The monoisotopic (exact) mass is 242 g/mol. The van der Waals surface area contributed by atoms with Crippen LogP contribution in [0.25, 0.3) is 0 Å². The van der Waals surface area contributed by atoms with Gasteiger partial charge < -0.3 is 0 Å². The number of likely N-dealkylation sites (tertiary alicyclic amines) is 1. The molecule has 7 nitrogen and oxygen atoms in total. The van der Waals surface area contributed by atoms with E-state index in [1.165, 1.54) is 5.48 Å². The second kappa shape index (κ2) is 6.09. The van der Waals surface area contributed by atoms with Crippen LogP contribution in [0.1, 0.15) is 38.5 Å². The summed E-state index contributed by atoms with van der Waals surface area (Å²) in [7, 11) is 0. The van der Waals surface area contributed by atoms with Crippen LogP contribution < -0.4 is 5.48 Å². The molecular formula is C10H14N2O5. The summed E-state index contributed by atoms with van der Waals surface area (Å²) < 4.78 is 0. The molecule has 0 aromatic carbocycles. The lowest BCUT2D eigenvalue weighted by molar-refractivity contribution is -0.149. The molecule has 0 spiro atoms. The van der Waals surface area contributed by atoms with Crippen LogP contribution in [0, 0.1) is 0 Å². The zero-order valence-corrected chi connectivity index (χ0v) is 9.27. The summed E-state index contributed by atoms with van der Waals surface area (Å²) in [6.07, 6.45) is 1.15. The molecule has 7 heteroatoms. The minimum absolute atomic E-state index is 0.0518. The topological polar surface area (TPSA) is 104 Å². The highest BCUT2D eigenvalue weighted by molar-refractivity contribution is 6.14. The van der Waals surface area contributed by atoms with Crippen molar-refractivity contribution in [3.63, 3.8) is 0 Å². The molecule has 4 amide bonds. The highest BCUT2D eigenvalue weighted by atomic mass is 16.5. The Morgan fingerprint density at radius 3 is 2.18 bits per heavy atom. The first kappa shape index (κ1) is 13.3. The summed E-state index contributed by atoms with van der Waals surface area (Å²) in [5, 5.41) is 8.22. The summed E-state index contributed by atoms with van der Waals surface area (Å²) >= 11 is 0. The van der Waals surface area contributed by atoms with E-state index in [0.717, 1.165) is 0 Å². The van der Waals surface area contributed by atoms with Crippen molar-refractivity contribution in [2.24, 2.45) is 0 Å². The van der Waals surface area contributed by atoms with Gasteiger partial charge in [-0.2, -0.15) is 0 Å². The van der Waals surface area contributed by atoms with E-state index >= 15 is 0 Å². The molecule has 0 unspecified atom stereocenters. The van der Waals surface area contributed by atoms with Crippen molar-refractivity contribution in [1.82, 2.24) is 10.4 Å². The third-order valence-electron chi connectivity index (χ3n) is 2.47. The van der Waals surface area contributed by atoms with Gasteiger partial charge in [-0.25, -0.2) is 10.4 Å². The van der Waals surface area contributed by atoms with Crippen LogP contribution in [0.2, 0.25) is 0 Å². The molecular weight excluding hydrogens is 228 g/mol. The molecule has 1 rings (SSSR count). The van der Waals surface area contributed by atoms with E-state index in [2.05, 4.69) is 0 Å². The quantitative estimate of drug-likeness (QED) is 0.299. The predicted molar refractivity (Wildman–Crippen MR) is 54.5 cm³/mol. The Morgan fingerprint density at radius 2 is 1.65 bits per heavy atom. The number of nitrogens with one attached hydrogen (secondary N) is 1. The number of hydrogen-bond donors (Lipinski definition) is 2. The minimum atomic E-state index is -0.522. The normalized spacial score (nSPS) is 15.2. The van der Waals surface area contributed by atoms with Crippen LogP contribution in [0.5, 0.6) is 0 Å². The van der Waals surface area contributed by atoms with Crippen molar-refractivity contribution < 1.29 is 24.4 Å². The molecule has 0 radical (unpaired) electrons. The summed E-state index contributed by atoms with van der Waals surface area (Å²) in [5.74, 6) is -1.94. The number of carbonyl (C=O) groups excluding carboxylic acids is 4. The zero-order valence-electron chi connectivity index (χ0n) is 9.27. The standard InChI is InChI=1S/C10H14N2O5/c13-7(11-17)3-1-2-4-8(14)12-9(15)5-6-10(12)16/h17H,1-6H2,(H,11,13). The van der Waals surface area contributed by atoms with E-state index < -0.39 is 23.6 Å². The molecule has 0 aliphatic carbocycles. The number of unbranched alkanes of at least 4 members (excludes halogenated alkanes) is 1. The fraction of sp³-hybridized carbons (Fsp3) is 0.600. The Bertz CT molecular complexity index is 337. The largest absolute Gasteiger partial charge is 0.289 e. The van der Waals surface area contributed by atoms with Crippen LogP contribution in [0.4, 0.5) is 0 Å². The Morgan fingerprint density at radius 1 is 1.12 bits per heavy atom. The number of hydrogen-bond acceptors (Lipinski definition) is 5. The van der Waals surface area contributed by atoms with E-state index in [1.807, 2.05) is 0 Å². The number of carbonyl (C=O) groups is 4. The lowest BCUT2D eigenvalue weighted by Gasteiger charge is -2.11. The van der Waals surface area contributed by atoms with Gasteiger partial charge in [0.25, 0.3) is 0 Å². The molecule has 0 saturated carbocycles. The molecule has 0 aromatic rings. The van der Waals surface area contributed by atoms with E-state index in [-0.39, 0.29) is 25.7 Å². The average Bonchev–Trinajstić information content (AvgIpc) is 2.64. The molecule has 2 N–H and O–H groups in total. The van der Waals surface area contributed by atoms with Gasteiger partial charge in [0.1, 0.15) is 0 Å². The summed E-state index contributed by atoms with van der Waals surface area (Å²) in [4.78, 5) is 45.3. The third-order valence-corrected chi connectivity index (χ3v) is 2.47. The third kappa shape index (κ3) is 3.63. The van der Waals surface area contributed by atoms with Gasteiger partial charge in [0.15, 0.2) is 0 Å². The second-order valence-electron chi connectivity index (χ2n) is 3.76. The smallest absolute Gasteiger partial charge is 0.243 e. The summed E-state index contributed by atoms with van der Waals surface area (Å²) in [6.45, 7) is 0. The van der Waals surface area contributed by atoms with Gasteiger partial charge in [0.2, 0.25) is 23.6 Å². The van der Waals surface area contributed by atoms with Crippen LogP contribution in [-0.4, -0.2) is 33.7 Å². The number of imide groups is 3.